The van der Waals surface area contributed by atoms with Crippen LogP contribution in [0, 0.1) is 0 Å². The van der Waals surface area contributed by atoms with Gasteiger partial charge in [0, 0.05) is 0 Å². The van der Waals surface area contributed by atoms with E-state index in [9.17, 15) is 9.90 Å². The monoisotopic (exact) mass is 336 g/mol. The minimum Gasteiger partial charge on any atom is -0.493 e. The van der Waals surface area contributed by atoms with Gasteiger partial charge in [0.15, 0.2) is 11.5 Å². The lowest BCUT2D eigenvalue weighted by molar-refractivity contribution is 0.161. The second-order valence-electron chi connectivity index (χ2n) is 6.32. The maximum Gasteiger partial charge on any atom is 0.315 e. The highest BCUT2D eigenvalue weighted by Gasteiger charge is 2.35. The molecule has 0 aliphatic heterocycles. The van der Waals surface area contributed by atoms with Crippen LogP contribution >= 0.6 is 0 Å². The first-order valence-electron chi connectivity index (χ1n) is 8.49. The lowest BCUT2D eigenvalue weighted by Crippen LogP contribution is -2.53. The van der Waals surface area contributed by atoms with Crippen molar-refractivity contribution in [1.29, 1.82) is 0 Å². The average Bonchev–Trinajstić information content (AvgIpc) is 3.07. The Balaban J connectivity index is 2.07. The summed E-state index contributed by atoms with van der Waals surface area (Å²) < 4.78 is 10.6. The molecule has 0 saturated heterocycles. The number of ether oxygens (including phenoxy) is 2. The van der Waals surface area contributed by atoms with Crippen LogP contribution in [0.4, 0.5) is 4.79 Å². The normalized spacial score (nSPS) is 17.2. The van der Waals surface area contributed by atoms with Gasteiger partial charge in [0.25, 0.3) is 0 Å². The first kappa shape index (κ1) is 18.4. The van der Waals surface area contributed by atoms with Crippen LogP contribution in [0.25, 0.3) is 0 Å². The van der Waals surface area contributed by atoms with Crippen LogP contribution in [0.2, 0.25) is 0 Å². The van der Waals surface area contributed by atoms with Gasteiger partial charge in [0.05, 0.1) is 32.4 Å². The highest BCUT2D eigenvalue weighted by molar-refractivity contribution is 5.75. The molecule has 0 spiro atoms. The van der Waals surface area contributed by atoms with Crippen LogP contribution in [0.15, 0.2) is 18.2 Å². The van der Waals surface area contributed by atoms with Gasteiger partial charge >= 0.3 is 6.03 Å². The summed E-state index contributed by atoms with van der Waals surface area (Å²) >= 11 is 0. The van der Waals surface area contributed by atoms with Crippen molar-refractivity contribution in [3.05, 3.63) is 23.8 Å². The summed E-state index contributed by atoms with van der Waals surface area (Å²) in [5, 5.41) is 15.6. The molecule has 2 amide bonds. The van der Waals surface area contributed by atoms with Gasteiger partial charge < -0.3 is 25.2 Å². The van der Waals surface area contributed by atoms with Gasteiger partial charge in [-0.15, -0.1) is 0 Å². The molecule has 1 unspecified atom stereocenters. The summed E-state index contributed by atoms with van der Waals surface area (Å²) in [6, 6.07) is 5.26. The SMILES string of the molecule is CCC(NC(=O)NC1(CO)CCCC1)c1ccc(OC)c(OC)c1. The molecule has 0 bridgehead atoms. The van der Waals surface area contributed by atoms with E-state index in [4.69, 9.17) is 9.47 Å². The Morgan fingerprint density at radius 1 is 1.25 bits per heavy atom. The first-order chi connectivity index (χ1) is 11.6. The fourth-order valence-electron chi connectivity index (χ4n) is 3.30. The number of aliphatic hydroxyl groups is 1. The van der Waals surface area contributed by atoms with Gasteiger partial charge in [-0.2, -0.15) is 0 Å². The van der Waals surface area contributed by atoms with Crippen molar-refractivity contribution in [1.82, 2.24) is 10.6 Å². The average molecular weight is 336 g/mol. The standard InChI is InChI=1S/C18H28N2O4/c1-4-14(13-7-8-15(23-2)16(11-13)24-3)19-17(22)20-18(12-21)9-5-6-10-18/h7-8,11,14,21H,4-6,9-10,12H2,1-3H3,(H2,19,20,22). The zero-order chi connectivity index (χ0) is 17.6. The summed E-state index contributed by atoms with van der Waals surface area (Å²) in [5.74, 6) is 1.30. The van der Waals surface area contributed by atoms with Gasteiger partial charge in [0.2, 0.25) is 0 Å². The summed E-state index contributed by atoms with van der Waals surface area (Å²) in [4.78, 5) is 12.4. The Morgan fingerprint density at radius 2 is 1.92 bits per heavy atom. The van der Waals surface area contributed by atoms with E-state index in [2.05, 4.69) is 10.6 Å². The zero-order valence-corrected chi connectivity index (χ0v) is 14.7. The fraction of sp³-hybridized carbons (Fsp3) is 0.611. The molecule has 1 aliphatic carbocycles. The molecule has 1 fully saturated rings. The van der Waals surface area contributed by atoms with E-state index in [-0.39, 0.29) is 18.7 Å². The third-order valence-electron chi connectivity index (χ3n) is 4.77. The second-order valence-corrected chi connectivity index (χ2v) is 6.32. The Bertz CT molecular complexity index is 556. The number of methoxy groups -OCH3 is 2. The predicted molar refractivity (Wildman–Crippen MR) is 92.5 cm³/mol. The maximum atomic E-state index is 12.4. The zero-order valence-electron chi connectivity index (χ0n) is 14.7. The molecule has 0 aromatic heterocycles. The van der Waals surface area contributed by atoms with E-state index in [1.807, 2.05) is 25.1 Å². The third-order valence-corrected chi connectivity index (χ3v) is 4.77. The molecular formula is C18H28N2O4. The maximum absolute atomic E-state index is 12.4. The van der Waals surface area contributed by atoms with E-state index < -0.39 is 5.54 Å². The number of hydrogen-bond acceptors (Lipinski definition) is 4. The van der Waals surface area contributed by atoms with Gasteiger partial charge in [-0.25, -0.2) is 4.79 Å². The van der Waals surface area contributed by atoms with E-state index in [0.717, 1.165) is 37.7 Å². The summed E-state index contributed by atoms with van der Waals surface area (Å²) in [7, 11) is 3.18. The molecule has 0 heterocycles. The van der Waals surface area contributed by atoms with Gasteiger partial charge in [-0.3, -0.25) is 0 Å². The molecule has 1 saturated carbocycles. The molecule has 1 atom stereocenters. The Kier molecular flexibility index (Phi) is 6.31. The Labute approximate surface area is 143 Å². The largest absolute Gasteiger partial charge is 0.493 e. The quantitative estimate of drug-likeness (QED) is 0.715. The molecule has 6 nitrogen and oxygen atoms in total. The highest BCUT2D eigenvalue weighted by atomic mass is 16.5. The molecule has 24 heavy (non-hydrogen) atoms. The predicted octanol–water partition coefficient (Wildman–Crippen LogP) is 2.76. The fourth-order valence-corrected chi connectivity index (χ4v) is 3.30. The lowest BCUT2D eigenvalue weighted by atomic mass is 9.99. The van der Waals surface area contributed by atoms with Crippen molar-refractivity contribution in [2.24, 2.45) is 0 Å². The van der Waals surface area contributed by atoms with Crippen molar-refractivity contribution in [3.8, 4) is 11.5 Å². The smallest absolute Gasteiger partial charge is 0.315 e. The van der Waals surface area contributed by atoms with Crippen molar-refractivity contribution in [3.63, 3.8) is 0 Å². The van der Waals surface area contributed by atoms with Crippen LogP contribution in [0.3, 0.4) is 0 Å². The molecule has 6 heteroatoms. The molecule has 1 aliphatic rings. The van der Waals surface area contributed by atoms with E-state index >= 15 is 0 Å². The van der Waals surface area contributed by atoms with Crippen LogP contribution in [0.1, 0.15) is 50.6 Å². The molecule has 0 radical (unpaired) electrons. The number of aliphatic hydroxyl groups excluding tert-OH is 1. The molecule has 134 valence electrons. The number of amides is 2. The molecule has 2 rings (SSSR count). The third kappa shape index (κ3) is 4.12. The lowest BCUT2D eigenvalue weighted by Gasteiger charge is -2.29. The Morgan fingerprint density at radius 3 is 2.46 bits per heavy atom. The minimum atomic E-state index is -0.472. The minimum absolute atomic E-state index is 0.0203. The summed E-state index contributed by atoms with van der Waals surface area (Å²) in [5.41, 5.74) is 0.481. The summed E-state index contributed by atoms with van der Waals surface area (Å²) in [6.07, 6.45) is 4.46. The van der Waals surface area contributed by atoms with Crippen molar-refractivity contribution < 1.29 is 19.4 Å². The molecular weight excluding hydrogens is 308 g/mol. The number of benzene rings is 1. The van der Waals surface area contributed by atoms with Crippen molar-refractivity contribution in [2.45, 2.75) is 50.6 Å². The first-order valence-corrected chi connectivity index (χ1v) is 8.49. The topological polar surface area (TPSA) is 79.8 Å². The highest BCUT2D eigenvalue weighted by Crippen LogP contribution is 2.31. The van der Waals surface area contributed by atoms with Crippen molar-refractivity contribution >= 4 is 6.03 Å². The molecule has 3 N–H and O–H groups in total. The number of nitrogens with one attached hydrogen (secondary N) is 2. The van der Waals surface area contributed by atoms with E-state index in [0.29, 0.717) is 11.5 Å². The molecule has 1 aromatic carbocycles. The van der Waals surface area contributed by atoms with Crippen LogP contribution < -0.4 is 20.1 Å². The van der Waals surface area contributed by atoms with Gasteiger partial charge in [-0.1, -0.05) is 25.8 Å². The number of hydrogen-bond donors (Lipinski definition) is 3. The number of rotatable bonds is 7. The van der Waals surface area contributed by atoms with E-state index in [1.165, 1.54) is 0 Å². The van der Waals surface area contributed by atoms with Gasteiger partial charge in [-0.05, 0) is 37.0 Å². The van der Waals surface area contributed by atoms with Crippen molar-refractivity contribution in [2.75, 3.05) is 20.8 Å². The van der Waals surface area contributed by atoms with E-state index in [1.54, 1.807) is 14.2 Å². The van der Waals surface area contributed by atoms with Gasteiger partial charge in [0.1, 0.15) is 0 Å². The Hall–Kier alpha value is -1.95. The number of carbonyl (C=O) groups is 1. The number of urea groups is 1. The molecule has 1 aromatic rings. The number of carbonyl (C=O) groups excluding carboxylic acids is 1. The van der Waals surface area contributed by atoms with Crippen LogP contribution in [-0.2, 0) is 0 Å². The summed E-state index contributed by atoms with van der Waals surface area (Å²) in [6.45, 7) is 1.99. The second kappa shape index (κ2) is 8.24. The van der Waals surface area contributed by atoms with Crippen LogP contribution in [-0.4, -0.2) is 37.5 Å². The van der Waals surface area contributed by atoms with Crippen LogP contribution in [0.5, 0.6) is 11.5 Å².